The van der Waals surface area contributed by atoms with Crippen LogP contribution in [-0.2, 0) is 4.74 Å². The first kappa shape index (κ1) is 14.7. The van der Waals surface area contributed by atoms with Crippen LogP contribution < -0.4 is 20.9 Å². The summed E-state index contributed by atoms with van der Waals surface area (Å²) in [6, 6.07) is 0.481. The average Bonchev–Trinajstić information content (AvgIpc) is 2.47. The Morgan fingerprint density at radius 1 is 1.40 bits per heavy atom. The number of aromatic nitrogens is 3. The average molecular weight is 282 g/mol. The van der Waals surface area contributed by atoms with Crippen LogP contribution in [0.2, 0.25) is 0 Å². The number of nitrogen functional groups attached to an aromatic ring is 1. The molecule has 8 heteroatoms. The topological polar surface area (TPSA) is 98.4 Å². The quantitative estimate of drug-likeness (QED) is 0.597. The van der Waals surface area contributed by atoms with Gasteiger partial charge in [-0.3, -0.25) is 5.43 Å². The summed E-state index contributed by atoms with van der Waals surface area (Å²) in [6.07, 6.45) is 1.02. The van der Waals surface area contributed by atoms with E-state index in [1.54, 1.807) is 0 Å². The number of hydrogen-bond donors (Lipinski definition) is 2. The molecule has 1 aliphatic heterocycles. The van der Waals surface area contributed by atoms with Crippen LogP contribution in [0.3, 0.4) is 0 Å². The first-order chi connectivity index (χ1) is 9.63. The maximum Gasteiger partial charge on any atom is 0.323 e. The lowest BCUT2D eigenvalue weighted by atomic mass is 10.2. The number of nitrogens with two attached hydrogens (primary N) is 1. The summed E-state index contributed by atoms with van der Waals surface area (Å²) in [5.74, 6) is 6.26. The molecular weight excluding hydrogens is 260 g/mol. The largest absolute Gasteiger partial charge is 0.463 e. The van der Waals surface area contributed by atoms with Gasteiger partial charge in [-0.1, -0.05) is 6.92 Å². The fourth-order valence-electron chi connectivity index (χ4n) is 1.98. The Morgan fingerprint density at radius 2 is 2.20 bits per heavy atom. The number of ether oxygens (including phenoxy) is 2. The zero-order valence-electron chi connectivity index (χ0n) is 12.2. The zero-order chi connectivity index (χ0) is 14.5. The Kier molecular flexibility index (Phi) is 4.91. The minimum absolute atomic E-state index is 0.136. The van der Waals surface area contributed by atoms with Gasteiger partial charge in [-0.05, 0) is 20.3 Å². The molecular formula is C12H22N6O2. The third-order valence-corrected chi connectivity index (χ3v) is 3.03. The van der Waals surface area contributed by atoms with Crippen molar-refractivity contribution < 1.29 is 9.47 Å². The van der Waals surface area contributed by atoms with E-state index in [1.165, 1.54) is 0 Å². The molecule has 3 N–H and O–H groups in total. The third-order valence-electron chi connectivity index (χ3n) is 3.03. The highest BCUT2D eigenvalue weighted by atomic mass is 16.5. The Labute approximate surface area is 118 Å². The van der Waals surface area contributed by atoms with Gasteiger partial charge in [-0.15, -0.1) is 0 Å². The minimum atomic E-state index is 0.136. The van der Waals surface area contributed by atoms with E-state index < -0.39 is 0 Å². The molecule has 0 spiro atoms. The first-order valence-corrected chi connectivity index (χ1v) is 6.87. The monoisotopic (exact) mass is 282 g/mol. The lowest BCUT2D eigenvalue weighted by Crippen LogP contribution is -2.48. The van der Waals surface area contributed by atoms with Gasteiger partial charge in [0.15, 0.2) is 0 Å². The highest BCUT2D eigenvalue weighted by Gasteiger charge is 2.26. The smallest absolute Gasteiger partial charge is 0.323 e. The van der Waals surface area contributed by atoms with E-state index in [0.29, 0.717) is 25.1 Å². The van der Waals surface area contributed by atoms with Gasteiger partial charge in [0.05, 0.1) is 25.4 Å². The van der Waals surface area contributed by atoms with Crippen molar-refractivity contribution in [3.05, 3.63) is 0 Å². The fourth-order valence-corrected chi connectivity index (χ4v) is 1.98. The number of hydrazine groups is 1. The van der Waals surface area contributed by atoms with Gasteiger partial charge in [0.1, 0.15) is 0 Å². The van der Waals surface area contributed by atoms with Crippen molar-refractivity contribution in [3.63, 3.8) is 0 Å². The van der Waals surface area contributed by atoms with Gasteiger partial charge >= 0.3 is 6.01 Å². The molecule has 0 bridgehead atoms. The lowest BCUT2D eigenvalue weighted by molar-refractivity contribution is 0.0336. The van der Waals surface area contributed by atoms with Crippen LogP contribution in [0, 0.1) is 0 Å². The van der Waals surface area contributed by atoms with Crippen molar-refractivity contribution >= 4 is 11.9 Å². The molecule has 0 amide bonds. The van der Waals surface area contributed by atoms with E-state index in [1.807, 2.05) is 13.8 Å². The SMILES string of the molecule is CCCOc1nc(NN)nc(N2CC(C)OCC2C)n1. The van der Waals surface area contributed by atoms with E-state index in [2.05, 4.69) is 32.2 Å². The Bertz CT molecular complexity index is 444. The van der Waals surface area contributed by atoms with Gasteiger partial charge in [0.2, 0.25) is 11.9 Å². The van der Waals surface area contributed by atoms with Crippen LogP contribution in [0.4, 0.5) is 11.9 Å². The fraction of sp³-hybridized carbons (Fsp3) is 0.750. The molecule has 0 aliphatic carbocycles. The molecule has 1 fully saturated rings. The van der Waals surface area contributed by atoms with Gasteiger partial charge in [-0.2, -0.15) is 15.0 Å². The van der Waals surface area contributed by atoms with E-state index in [0.717, 1.165) is 13.0 Å². The van der Waals surface area contributed by atoms with Crippen molar-refractivity contribution in [2.24, 2.45) is 5.84 Å². The number of rotatable bonds is 5. The Morgan fingerprint density at radius 3 is 2.90 bits per heavy atom. The Balaban J connectivity index is 2.24. The Hall–Kier alpha value is -1.67. The van der Waals surface area contributed by atoms with Gasteiger partial charge < -0.3 is 14.4 Å². The second-order valence-corrected chi connectivity index (χ2v) is 4.88. The van der Waals surface area contributed by atoms with Crippen molar-refractivity contribution in [1.82, 2.24) is 15.0 Å². The van der Waals surface area contributed by atoms with E-state index in [4.69, 9.17) is 15.3 Å². The highest BCUT2D eigenvalue weighted by molar-refractivity contribution is 5.39. The molecule has 0 radical (unpaired) electrons. The second-order valence-electron chi connectivity index (χ2n) is 4.88. The normalized spacial score (nSPS) is 22.7. The molecule has 8 nitrogen and oxygen atoms in total. The van der Waals surface area contributed by atoms with Crippen LogP contribution in [0.25, 0.3) is 0 Å². The van der Waals surface area contributed by atoms with E-state index >= 15 is 0 Å². The molecule has 112 valence electrons. The maximum atomic E-state index is 5.61. The summed E-state index contributed by atoms with van der Waals surface area (Å²) >= 11 is 0. The summed E-state index contributed by atoms with van der Waals surface area (Å²) in [6.45, 7) is 8.04. The molecule has 0 aromatic carbocycles. The van der Waals surface area contributed by atoms with E-state index in [9.17, 15) is 0 Å². The second kappa shape index (κ2) is 6.67. The number of hydrogen-bond acceptors (Lipinski definition) is 8. The van der Waals surface area contributed by atoms with Crippen molar-refractivity contribution in [3.8, 4) is 6.01 Å². The van der Waals surface area contributed by atoms with Crippen molar-refractivity contribution in [2.75, 3.05) is 30.1 Å². The predicted molar refractivity (Wildman–Crippen MR) is 75.6 cm³/mol. The van der Waals surface area contributed by atoms with E-state index in [-0.39, 0.29) is 18.2 Å². The maximum absolute atomic E-state index is 5.61. The summed E-state index contributed by atoms with van der Waals surface area (Å²) in [4.78, 5) is 14.8. The van der Waals surface area contributed by atoms with Crippen LogP contribution in [0.15, 0.2) is 0 Å². The number of anilines is 2. The molecule has 1 saturated heterocycles. The molecule has 2 heterocycles. The van der Waals surface area contributed by atoms with Crippen molar-refractivity contribution in [2.45, 2.75) is 39.3 Å². The zero-order valence-corrected chi connectivity index (χ0v) is 12.2. The molecule has 20 heavy (non-hydrogen) atoms. The molecule has 2 atom stereocenters. The minimum Gasteiger partial charge on any atom is -0.463 e. The van der Waals surface area contributed by atoms with Crippen molar-refractivity contribution in [1.29, 1.82) is 0 Å². The molecule has 1 aliphatic rings. The summed E-state index contributed by atoms with van der Waals surface area (Å²) in [7, 11) is 0. The highest BCUT2D eigenvalue weighted by Crippen LogP contribution is 2.20. The molecule has 1 aromatic heterocycles. The van der Waals surface area contributed by atoms with Crippen LogP contribution in [-0.4, -0.2) is 46.9 Å². The summed E-state index contributed by atoms with van der Waals surface area (Å²) < 4.78 is 11.1. The molecule has 2 unspecified atom stereocenters. The molecule has 1 aromatic rings. The third kappa shape index (κ3) is 3.45. The van der Waals surface area contributed by atoms with Gasteiger partial charge in [0.25, 0.3) is 0 Å². The molecule has 2 rings (SSSR count). The summed E-state index contributed by atoms with van der Waals surface area (Å²) in [5.41, 5.74) is 2.45. The number of nitrogens with zero attached hydrogens (tertiary/aromatic N) is 4. The molecule has 0 saturated carbocycles. The lowest BCUT2D eigenvalue weighted by Gasteiger charge is -2.36. The van der Waals surface area contributed by atoms with Gasteiger partial charge in [-0.25, -0.2) is 5.84 Å². The standard InChI is InChI=1S/C12H22N6O2/c1-4-5-19-12-15-10(17-13)14-11(16-12)18-6-9(3)20-7-8(18)2/h8-9H,4-7,13H2,1-3H3,(H,14,15,16,17). The van der Waals surface area contributed by atoms with Crippen LogP contribution in [0.5, 0.6) is 6.01 Å². The summed E-state index contributed by atoms with van der Waals surface area (Å²) in [5, 5.41) is 0. The van der Waals surface area contributed by atoms with Gasteiger partial charge in [0, 0.05) is 6.54 Å². The van der Waals surface area contributed by atoms with Crippen LogP contribution >= 0.6 is 0 Å². The number of nitrogens with one attached hydrogen (secondary N) is 1. The van der Waals surface area contributed by atoms with Crippen LogP contribution in [0.1, 0.15) is 27.2 Å². The number of morpholine rings is 1. The predicted octanol–water partition coefficient (Wildman–Crippen LogP) is 0.560. The first-order valence-electron chi connectivity index (χ1n) is 6.87.